The van der Waals surface area contributed by atoms with Crippen molar-refractivity contribution in [3.8, 4) is 0 Å². The molecule has 0 spiro atoms. The monoisotopic (exact) mass is 463 g/mol. The molecule has 0 bridgehead atoms. The number of hydrogen-bond acceptors (Lipinski definition) is 7. The number of carbonyl (C=O) groups excluding carboxylic acids is 1. The number of nitro groups is 1. The quantitative estimate of drug-likeness (QED) is 0.399. The number of aromatic nitrogens is 1. The van der Waals surface area contributed by atoms with Gasteiger partial charge in [-0.25, -0.2) is 5.43 Å². The summed E-state index contributed by atoms with van der Waals surface area (Å²) in [5.74, 6) is -0.411. The highest BCUT2D eigenvalue weighted by molar-refractivity contribution is 5.94. The third-order valence-corrected chi connectivity index (χ3v) is 5.76. The van der Waals surface area contributed by atoms with Gasteiger partial charge < -0.3 is 14.2 Å². The summed E-state index contributed by atoms with van der Waals surface area (Å²) in [4.78, 5) is 36.9. The molecule has 1 fully saturated rings. The van der Waals surface area contributed by atoms with E-state index in [0.29, 0.717) is 18.8 Å². The number of pyridine rings is 1. The van der Waals surface area contributed by atoms with Crippen LogP contribution in [0.25, 0.3) is 6.08 Å². The van der Waals surface area contributed by atoms with Gasteiger partial charge in [0.1, 0.15) is 0 Å². The SMILES string of the molecule is Cn1cc(C(=O)N/N=C/C2=C(N3CCOCC3)C(=C/c3cccc([N+](=O)[O-])c3)/CC2)ccc1=O. The summed E-state index contributed by atoms with van der Waals surface area (Å²) in [5.41, 5.74) is 6.52. The first-order valence-electron chi connectivity index (χ1n) is 10.9. The van der Waals surface area contributed by atoms with Gasteiger partial charge in [-0.2, -0.15) is 5.10 Å². The number of carbonyl (C=O) groups is 1. The second-order valence-electron chi connectivity index (χ2n) is 8.06. The van der Waals surface area contributed by atoms with Gasteiger partial charge in [0.05, 0.1) is 29.9 Å². The Labute approximate surface area is 196 Å². The second kappa shape index (κ2) is 10.3. The van der Waals surface area contributed by atoms with Crippen LogP contribution in [0.2, 0.25) is 0 Å². The van der Waals surface area contributed by atoms with Gasteiger partial charge in [-0.15, -0.1) is 0 Å². The first kappa shape index (κ1) is 23.1. The zero-order chi connectivity index (χ0) is 24.1. The van der Waals surface area contributed by atoms with Gasteiger partial charge in [0.2, 0.25) is 5.56 Å². The molecular formula is C24H25N5O5. The van der Waals surface area contributed by atoms with Crippen LogP contribution in [0, 0.1) is 10.1 Å². The van der Waals surface area contributed by atoms with Crippen molar-refractivity contribution in [3.05, 3.63) is 91.0 Å². The number of nitrogens with one attached hydrogen (secondary N) is 1. The van der Waals surface area contributed by atoms with E-state index in [9.17, 15) is 19.7 Å². The van der Waals surface area contributed by atoms with Crippen LogP contribution in [0.3, 0.4) is 0 Å². The Hall–Kier alpha value is -4.05. The third kappa shape index (κ3) is 5.29. The lowest BCUT2D eigenvalue weighted by Crippen LogP contribution is -2.36. The number of rotatable bonds is 6. The topological polar surface area (TPSA) is 119 Å². The van der Waals surface area contributed by atoms with Gasteiger partial charge >= 0.3 is 0 Å². The highest BCUT2D eigenvalue weighted by Crippen LogP contribution is 2.35. The zero-order valence-electron chi connectivity index (χ0n) is 18.8. The molecule has 2 aromatic rings. The Morgan fingerprint density at radius 2 is 2.00 bits per heavy atom. The maximum atomic E-state index is 12.4. The van der Waals surface area contributed by atoms with Crippen molar-refractivity contribution < 1.29 is 14.5 Å². The lowest BCUT2D eigenvalue weighted by Gasteiger charge is -2.31. The number of allylic oxidation sites excluding steroid dienone is 2. The lowest BCUT2D eigenvalue weighted by atomic mass is 10.1. The van der Waals surface area contributed by atoms with Crippen LogP contribution >= 0.6 is 0 Å². The Bertz CT molecular complexity index is 1250. The molecule has 0 unspecified atom stereocenters. The highest BCUT2D eigenvalue weighted by Gasteiger charge is 2.25. The molecule has 0 radical (unpaired) electrons. The average Bonchev–Trinajstić information content (AvgIpc) is 3.23. The van der Waals surface area contributed by atoms with Crippen molar-refractivity contribution >= 4 is 23.9 Å². The van der Waals surface area contributed by atoms with Crippen molar-refractivity contribution in [2.24, 2.45) is 12.1 Å². The lowest BCUT2D eigenvalue weighted by molar-refractivity contribution is -0.384. The van der Waals surface area contributed by atoms with E-state index in [1.54, 1.807) is 25.4 Å². The minimum Gasteiger partial charge on any atom is -0.378 e. The van der Waals surface area contributed by atoms with Crippen molar-refractivity contribution in [3.63, 3.8) is 0 Å². The predicted octanol–water partition coefficient (Wildman–Crippen LogP) is 2.47. The molecular weight excluding hydrogens is 438 g/mol. The Kier molecular flexibility index (Phi) is 6.98. The molecule has 34 heavy (non-hydrogen) atoms. The number of benzene rings is 1. The Morgan fingerprint density at radius 3 is 2.74 bits per heavy atom. The van der Waals surface area contributed by atoms with E-state index in [4.69, 9.17) is 4.74 Å². The van der Waals surface area contributed by atoms with Gasteiger partial charge in [0.25, 0.3) is 11.6 Å². The van der Waals surface area contributed by atoms with E-state index < -0.39 is 10.8 Å². The van der Waals surface area contributed by atoms with Crippen LogP contribution in [0.4, 0.5) is 5.69 Å². The third-order valence-electron chi connectivity index (χ3n) is 5.76. The molecule has 176 valence electrons. The van der Waals surface area contributed by atoms with Gasteiger partial charge in [-0.1, -0.05) is 12.1 Å². The van der Waals surface area contributed by atoms with E-state index in [-0.39, 0.29) is 11.2 Å². The normalized spacial score (nSPS) is 17.6. The molecule has 0 saturated carbocycles. The molecule has 1 aliphatic heterocycles. The van der Waals surface area contributed by atoms with Gasteiger partial charge in [-0.3, -0.25) is 19.7 Å². The molecule has 10 nitrogen and oxygen atoms in total. The molecule has 1 aromatic carbocycles. The van der Waals surface area contributed by atoms with Crippen molar-refractivity contribution in [1.29, 1.82) is 0 Å². The maximum Gasteiger partial charge on any atom is 0.272 e. The summed E-state index contributed by atoms with van der Waals surface area (Å²) in [6, 6.07) is 9.34. The summed E-state index contributed by atoms with van der Waals surface area (Å²) in [7, 11) is 1.58. The van der Waals surface area contributed by atoms with Crippen LogP contribution < -0.4 is 11.0 Å². The second-order valence-corrected chi connectivity index (χ2v) is 8.06. The Morgan fingerprint density at radius 1 is 1.21 bits per heavy atom. The van der Waals surface area contributed by atoms with Crippen LogP contribution in [-0.2, 0) is 11.8 Å². The number of non-ortho nitro benzene ring substituents is 1. The first-order valence-corrected chi connectivity index (χ1v) is 10.9. The number of hydrogen-bond donors (Lipinski definition) is 1. The molecule has 1 aliphatic carbocycles. The number of nitrogens with zero attached hydrogens (tertiary/aromatic N) is 4. The molecule has 2 heterocycles. The van der Waals surface area contributed by atoms with Gasteiger partial charge in [0.15, 0.2) is 0 Å². The number of ether oxygens (including phenoxy) is 1. The molecule has 1 amide bonds. The zero-order valence-corrected chi connectivity index (χ0v) is 18.8. The summed E-state index contributed by atoms with van der Waals surface area (Å²) in [6.07, 6.45) is 6.57. The Balaban J connectivity index is 1.59. The van der Waals surface area contributed by atoms with E-state index >= 15 is 0 Å². The molecule has 1 N–H and O–H groups in total. The number of aryl methyl sites for hydroxylation is 1. The maximum absolute atomic E-state index is 12.4. The number of morpholine rings is 1. The van der Waals surface area contributed by atoms with Crippen molar-refractivity contribution in [2.75, 3.05) is 26.3 Å². The fraction of sp³-hybridized carbons (Fsp3) is 0.292. The summed E-state index contributed by atoms with van der Waals surface area (Å²) in [6.45, 7) is 2.68. The molecule has 4 rings (SSSR count). The van der Waals surface area contributed by atoms with Crippen molar-refractivity contribution in [1.82, 2.24) is 14.9 Å². The van der Waals surface area contributed by atoms with E-state index in [1.165, 1.54) is 29.0 Å². The average molecular weight is 463 g/mol. The number of nitro benzene ring substituents is 1. The number of hydrazone groups is 1. The molecule has 2 aliphatic rings. The molecule has 0 atom stereocenters. The van der Waals surface area contributed by atoms with Crippen LogP contribution in [0.15, 0.2) is 69.3 Å². The van der Waals surface area contributed by atoms with Gasteiger partial charge in [-0.05, 0) is 41.7 Å². The summed E-state index contributed by atoms with van der Waals surface area (Å²) in [5, 5.41) is 15.3. The fourth-order valence-electron chi connectivity index (χ4n) is 4.06. The van der Waals surface area contributed by atoms with Gasteiger partial charge in [0, 0.05) is 50.2 Å². The molecule has 1 saturated heterocycles. The van der Waals surface area contributed by atoms with E-state index in [1.807, 2.05) is 12.1 Å². The first-order chi connectivity index (χ1) is 16.4. The minimum atomic E-state index is -0.411. The molecule has 1 aromatic heterocycles. The predicted molar refractivity (Wildman–Crippen MR) is 127 cm³/mol. The number of amides is 1. The van der Waals surface area contributed by atoms with E-state index in [0.717, 1.165) is 48.3 Å². The summed E-state index contributed by atoms with van der Waals surface area (Å²) >= 11 is 0. The van der Waals surface area contributed by atoms with Crippen LogP contribution in [0.1, 0.15) is 28.8 Å². The largest absolute Gasteiger partial charge is 0.378 e. The van der Waals surface area contributed by atoms with Crippen molar-refractivity contribution in [2.45, 2.75) is 12.8 Å². The minimum absolute atomic E-state index is 0.0483. The van der Waals surface area contributed by atoms with E-state index in [2.05, 4.69) is 15.4 Å². The fourth-order valence-corrected chi connectivity index (χ4v) is 4.06. The standard InChI is InChI=1S/C24H25N5O5/c1-27-16-20(7-8-22(27)30)24(31)26-25-15-19-6-5-18(23(19)28-9-11-34-12-10-28)13-17-3-2-4-21(14-17)29(32)33/h2-4,7-8,13-16H,5-6,9-12H2,1H3,(H,26,31)/b18-13+,25-15+. The highest BCUT2D eigenvalue weighted by atomic mass is 16.6. The summed E-state index contributed by atoms with van der Waals surface area (Å²) < 4.78 is 6.83. The smallest absolute Gasteiger partial charge is 0.272 e. The molecule has 10 heteroatoms. The van der Waals surface area contributed by atoms with Crippen LogP contribution in [-0.4, -0.2) is 52.8 Å². The van der Waals surface area contributed by atoms with Crippen LogP contribution in [0.5, 0.6) is 0 Å².